The lowest BCUT2D eigenvalue weighted by molar-refractivity contribution is -0.131. The lowest BCUT2D eigenvalue weighted by Gasteiger charge is -2.16. The van der Waals surface area contributed by atoms with Crippen LogP contribution in [-0.2, 0) is 9.59 Å². The lowest BCUT2D eigenvalue weighted by atomic mass is 10.2. The van der Waals surface area contributed by atoms with E-state index in [0.29, 0.717) is 6.61 Å². The van der Waals surface area contributed by atoms with Crippen molar-refractivity contribution in [3.8, 4) is 5.75 Å². The maximum absolute atomic E-state index is 11.9. The Hall–Kier alpha value is -2.30. The van der Waals surface area contributed by atoms with Gasteiger partial charge in [-0.05, 0) is 44.5 Å². The average molecular weight is 304 g/mol. The van der Waals surface area contributed by atoms with E-state index in [1.807, 2.05) is 45.0 Å². The van der Waals surface area contributed by atoms with Crippen LogP contribution in [0.15, 0.2) is 30.3 Å². The van der Waals surface area contributed by atoms with E-state index >= 15 is 0 Å². The second-order valence-electron chi connectivity index (χ2n) is 5.25. The van der Waals surface area contributed by atoms with Gasteiger partial charge in [0.2, 0.25) is 11.8 Å². The highest BCUT2D eigenvalue weighted by Crippen LogP contribution is 2.13. The first-order chi connectivity index (χ1) is 10.4. The molecule has 0 aliphatic rings. The number of hydrogen-bond donors (Lipinski definition) is 1. The van der Waals surface area contributed by atoms with E-state index in [1.54, 1.807) is 13.1 Å². The minimum atomic E-state index is -0.215. The summed E-state index contributed by atoms with van der Waals surface area (Å²) in [6.45, 7) is 6.36. The number of benzene rings is 1. The zero-order chi connectivity index (χ0) is 16.5. The molecule has 0 saturated heterocycles. The van der Waals surface area contributed by atoms with Crippen molar-refractivity contribution in [1.82, 2.24) is 10.2 Å². The number of amides is 2. The molecule has 0 bridgehead atoms. The molecule has 1 rings (SSSR count). The summed E-state index contributed by atoms with van der Waals surface area (Å²) >= 11 is 0. The summed E-state index contributed by atoms with van der Waals surface area (Å²) in [7, 11) is 1.60. The highest BCUT2D eigenvalue weighted by Gasteiger charge is 2.10. The van der Waals surface area contributed by atoms with Crippen molar-refractivity contribution >= 4 is 17.9 Å². The van der Waals surface area contributed by atoms with Gasteiger partial charge in [-0.3, -0.25) is 9.59 Å². The molecule has 0 fully saturated rings. The van der Waals surface area contributed by atoms with Crippen molar-refractivity contribution in [2.75, 3.05) is 20.2 Å². The minimum absolute atomic E-state index is 0.0463. The fourth-order valence-electron chi connectivity index (χ4n) is 1.80. The molecule has 5 heteroatoms. The number of nitrogens with one attached hydrogen (secondary N) is 1. The quantitative estimate of drug-likeness (QED) is 0.785. The van der Waals surface area contributed by atoms with E-state index in [-0.39, 0.29) is 24.4 Å². The van der Waals surface area contributed by atoms with Gasteiger partial charge in [-0.25, -0.2) is 0 Å². The van der Waals surface area contributed by atoms with Gasteiger partial charge in [0.15, 0.2) is 0 Å². The number of hydrogen-bond acceptors (Lipinski definition) is 3. The first-order valence-electron chi connectivity index (χ1n) is 7.37. The molecule has 22 heavy (non-hydrogen) atoms. The van der Waals surface area contributed by atoms with Crippen LogP contribution in [0.2, 0.25) is 0 Å². The first kappa shape index (κ1) is 17.8. The second-order valence-corrected chi connectivity index (χ2v) is 5.25. The number of carbonyl (C=O) groups excluding carboxylic acids is 2. The van der Waals surface area contributed by atoms with E-state index in [0.717, 1.165) is 11.3 Å². The molecule has 0 aliphatic heterocycles. The molecule has 1 aromatic carbocycles. The van der Waals surface area contributed by atoms with E-state index in [1.165, 1.54) is 11.0 Å². The largest absolute Gasteiger partial charge is 0.494 e. The number of likely N-dealkylation sites (N-methyl/N-ethyl adjacent to an activating group) is 1. The number of rotatable bonds is 7. The molecule has 120 valence electrons. The summed E-state index contributed by atoms with van der Waals surface area (Å²) in [5.41, 5.74) is 0.900. The molecule has 0 aromatic heterocycles. The van der Waals surface area contributed by atoms with E-state index in [4.69, 9.17) is 4.74 Å². The molecule has 0 radical (unpaired) electrons. The summed E-state index contributed by atoms with van der Waals surface area (Å²) < 4.78 is 5.36. The Kier molecular flexibility index (Phi) is 7.16. The van der Waals surface area contributed by atoms with Crippen molar-refractivity contribution in [3.63, 3.8) is 0 Å². The van der Waals surface area contributed by atoms with Crippen molar-refractivity contribution in [2.45, 2.75) is 26.8 Å². The van der Waals surface area contributed by atoms with Crippen molar-refractivity contribution in [1.29, 1.82) is 0 Å². The summed E-state index contributed by atoms with van der Waals surface area (Å²) in [6, 6.07) is 7.52. The van der Waals surface area contributed by atoms with Gasteiger partial charge in [0.25, 0.3) is 0 Å². The molecule has 0 saturated carbocycles. The standard InChI is InChI=1S/C17H24N2O3/c1-5-22-15-9-6-14(7-10-15)8-11-17(21)19(4)12-16(20)18-13(2)3/h6-11,13H,5,12H2,1-4H3,(H,18,20)/b11-8+. The average Bonchev–Trinajstić information content (AvgIpc) is 2.45. The lowest BCUT2D eigenvalue weighted by Crippen LogP contribution is -2.40. The van der Waals surface area contributed by atoms with Crippen LogP contribution in [0.4, 0.5) is 0 Å². The van der Waals surface area contributed by atoms with Crippen LogP contribution in [0.25, 0.3) is 6.08 Å². The van der Waals surface area contributed by atoms with Crippen molar-refractivity contribution in [3.05, 3.63) is 35.9 Å². The number of ether oxygens (including phenoxy) is 1. The smallest absolute Gasteiger partial charge is 0.246 e. The van der Waals surface area contributed by atoms with Crippen molar-refractivity contribution in [2.24, 2.45) is 0 Å². The predicted molar refractivity (Wildman–Crippen MR) is 87.6 cm³/mol. The Bertz CT molecular complexity index is 521. The molecular formula is C17H24N2O3. The Labute approximate surface area is 132 Å². The summed E-state index contributed by atoms with van der Waals surface area (Å²) in [5.74, 6) is 0.418. The van der Waals surface area contributed by atoms with Gasteiger partial charge in [0.05, 0.1) is 13.2 Å². The fraction of sp³-hybridized carbons (Fsp3) is 0.412. The number of nitrogens with zero attached hydrogens (tertiary/aromatic N) is 1. The normalized spacial score (nSPS) is 10.8. The molecule has 0 atom stereocenters. The summed E-state index contributed by atoms with van der Waals surface area (Å²) in [4.78, 5) is 24.9. The van der Waals surface area contributed by atoms with Crippen LogP contribution >= 0.6 is 0 Å². The predicted octanol–water partition coefficient (Wildman–Crippen LogP) is 2.08. The second kappa shape index (κ2) is 8.87. The van der Waals surface area contributed by atoms with Crippen LogP contribution in [0.5, 0.6) is 5.75 Å². The maximum Gasteiger partial charge on any atom is 0.246 e. The summed E-state index contributed by atoms with van der Waals surface area (Å²) in [6.07, 6.45) is 3.17. The topological polar surface area (TPSA) is 58.6 Å². The number of carbonyl (C=O) groups is 2. The zero-order valence-corrected chi connectivity index (χ0v) is 13.6. The Morgan fingerprint density at radius 2 is 1.91 bits per heavy atom. The molecular weight excluding hydrogens is 280 g/mol. The Balaban J connectivity index is 2.53. The summed E-state index contributed by atoms with van der Waals surface area (Å²) in [5, 5.41) is 2.75. The minimum Gasteiger partial charge on any atom is -0.494 e. The maximum atomic E-state index is 11.9. The molecule has 0 aliphatic carbocycles. The zero-order valence-electron chi connectivity index (χ0n) is 13.6. The Morgan fingerprint density at radius 3 is 2.45 bits per heavy atom. The van der Waals surface area contributed by atoms with Gasteiger partial charge in [0.1, 0.15) is 5.75 Å². The van der Waals surface area contributed by atoms with Crippen LogP contribution in [0.1, 0.15) is 26.3 Å². The third-order valence-corrected chi connectivity index (χ3v) is 2.82. The molecule has 0 heterocycles. The third-order valence-electron chi connectivity index (χ3n) is 2.82. The molecule has 1 aromatic rings. The molecule has 2 amide bonds. The van der Waals surface area contributed by atoms with Gasteiger partial charge < -0.3 is 15.0 Å². The van der Waals surface area contributed by atoms with Crippen LogP contribution in [-0.4, -0.2) is 43.0 Å². The molecule has 5 nitrogen and oxygen atoms in total. The van der Waals surface area contributed by atoms with Crippen molar-refractivity contribution < 1.29 is 14.3 Å². The van der Waals surface area contributed by atoms with Gasteiger partial charge in [0, 0.05) is 19.2 Å². The van der Waals surface area contributed by atoms with Crippen LogP contribution in [0.3, 0.4) is 0 Å². The van der Waals surface area contributed by atoms with E-state index in [9.17, 15) is 9.59 Å². The monoisotopic (exact) mass is 304 g/mol. The third kappa shape index (κ3) is 6.43. The van der Waals surface area contributed by atoms with Gasteiger partial charge in [-0.2, -0.15) is 0 Å². The van der Waals surface area contributed by atoms with Gasteiger partial charge in [-0.15, -0.1) is 0 Å². The molecule has 1 N–H and O–H groups in total. The van der Waals surface area contributed by atoms with Gasteiger partial charge >= 0.3 is 0 Å². The fourth-order valence-corrected chi connectivity index (χ4v) is 1.80. The first-order valence-corrected chi connectivity index (χ1v) is 7.37. The molecule has 0 unspecified atom stereocenters. The Morgan fingerprint density at radius 1 is 1.27 bits per heavy atom. The highest BCUT2D eigenvalue weighted by atomic mass is 16.5. The van der Waals surface area contributed by atoms with Crippen LogP contribution < -0.4 is 10.1 Å². The molecule has 0 spiro atoms. The SMILES string of the molecule is CCOc1ccc(/C=C/C(=O)N(C)CC(=O)NC(C)C)cc1. The van der Waals surface area contributed by atoms with E-state index in [2.05, 4.69) is 5.32 Å². The highest BCUT2D eigenvalue weighted by molar-refractivity contribution is 5.94. The van der Waals surface area contributed by atoms with Crippen LogP contribution in [0, 0.1) is 0 Å². The van der Waals surface area contributed by atoms with Gasteiger partial charge in [-0.1, -0.05) is 12.1 Å². The van der Waals surface area contributed by atoms with E-state index < -0.39 is 0 Å².